The summed E-state index contributed by atoms with van der Waals surface area (Å²) in [5.41, 5.74) is 4.02. The molecule has 0 aromatic heterocycles. The van der Waals surface area contributed by atoms with E-state index in [0.717, 1.165) is 0 Å². The van der Waals surface area contributed by atoms with Gasteiger partial charge in [0.25, 0.3) is 0 Å². The Labute approximate surface area is 194 Å². The molecule has 164 valence electrons. The highest BCUT2D eigenvalue weighted by atomic mass is 35.5. The molecule has 3 aromatic rings. The third-order valence-electron chi connectivity index (χ3n) is 4.33. The number of carbonyl (C=O) groups is 2. The zero-order valence-electron chi connectivity index (χ0n) is 16.9. The second-order valence-corrected chi connectivity index (χ2v) is 7.46. The first-order valence-corrected chi connectivity index (χ1v) is 10.2. The maximum absolute atomic E-state index is 13.7. The lowest BCUT2D eigenvalue weighted by molar-refractivity contribution is -0.136. The Kier molecular flexibility index (Phi) is 7.81. The number of carbonyl (C=O) groups excluding carboxylic acids is 2. The van der Waals surface area contributed by atoms with Crippen LogP contribution in [0.5, 0.6) is 5.75 Å². The van der Waals surface area contributed by atoms with Crippen LogP contribution in [0.25, 0.3) is 0 Å². The molecule has 2 N–H and O–H groups in total. The molecule has 0 spiro atoms. The Morgan fingerprint density at radius 3 is 2.44 bits per heavy atom. The quantitative estimate of drug-likeness (QED) is 0.293. The molecular formula is C23H18Cl2FN3O3. The minimum Gasteiger partial charge on any atom is -0.489 e. The molecule has 9 heteroatoms. The van der Waals surface area contributed by atoms with Gasteiger partial charge >= 0.3 is 11.8 Å². The van der Waals surface area contributed by atoms with Crippen LogP contribution >= 0.6 is 23.2 Å². The van der Waals surface area contributed by atoms with Gasteiger partial charge in [0.2, 0.25) is 0 Å². The predicted octanol–water partition coefficient (Wildman–Crippen LogP) is 5.19. The standard InChI is InChI=1S/C23H18Cl2FN3O3/c1-14(28-29-23(31)22(30)27-21-12-17(24)8-11-19(21)25)15-6-9-18(10-7-15)32-13-16-4-2-3-5-20(16)26/h2-12H,13H2,1H3,(H,27,30)(H,29,31). The highest BCUT2D eigenvalue weighted by Gasteiger charge is 2.15. The smallest absolute Gasteiger partial charge is 0.329 e. The summed E-state index contributed by atoms with van der Waals surface area (Å²) < 4.78 is 19.2. The second-order valence-electron chi connectivity index (χ2n) is 6.62. The number of amides is 2. The number of rotatable bonds is 6. The van der Waals surface area contributed by atoms with Gasteiger partial charge < -0.3 is 10.1 Å². The Balaban J connectivity index is 1.55. The SMILES string of the molecule is CC(=NNC(=O)C(=O)Nc1cc(Cl)ccc1Cl)c1ccc(OCc2ccccc2F)cc1. The molecule has 3 rings (SSSR count). The zero-order chi connectivity index (χ0) is 23.1. The van der Waals surface area contributed by atoms with Crippen molar-refractivity contribution in [3.8, 4) is 5.75 Å². The van der Waals surface area contributed by atoms with E-state index in [2.05, 4.69) is 15.8 Å². The normalized spacial score (nSPS) is 11.1. The number of halogens is 3. The molecule has 0 radical (unpaired) electrons. The minimum atomic E-state index is -0.967. The van der Waals surface area contributed by atoms with Gasteiger partial charge in [-0.2, -0.15) is 5.10 Å². The number of nitrogens with one attached hydrogen (secondary N) is 2. The Morgan fingerprint density at radius 1 is 1.00 bits per heavy atom. The summed E-state index contributed by atoms with van der Waals surface area (Å²) in [5.74, 6) is -1.69. The first kappa shape index (κ1) is 23.2. The predicted molar refractivity (Wildman–Crippen MR) is 123 cm³/mol. The van der Waals surface area contributed by atoms with Crippen LogP contribution < -0.4 is 15.5 Å². The molecular weight excluding hydrogens is 456 g/mol. The van der Waals surface area contributed by atoms with Gasteiger partial charge in [-0.1, -0.05) is 41.4 Å². The average molecular weight is 474 g/mol. The lowest BCUT2D eigenvalue weighted by atomic mass is 10.1. The fraction of sp³-hybridized carbons (Fsp3) is 0.0870. The molecule has 0 fully saturated rings. The number of benzene rings is 3. The molecule has 0 heterocycles. The lowest BCUT2D eigenvalue weighted by Gasteiger charge is -2.09. The summed E-state index contributed by atoms with van der Waals surface area (Å²) in [4.78, 5) is 24.1. The summed E-state index contributed by atoms with van der Waals surface area (Å²) in [6.45, 7) is 1.77. The molecule has 0 saturated heterocycles. The van der Waals surface area contributed by atoms with Crippen molar-refractivity contribution in [1.82, 2.24) is 5.43 Å². The van der Waals surface area contributed by atoms with Crippen LogP contribution in [0.2, 0.25) is 10.0 Å². The van der Waals surface area contributed by atoms with E-state index in [1.165, 1.54) is 18.2 Å². The number of hydrazone groups is 1. The van der Waals surface area contributed by atoms with E-state index in [1.807, 2.05) is 0 Å². The number of nitrogens with zero attached hydrogens (tertiary/aromatic N) is 1. The summed E-state index contributed by atoms with van der Waals surface area (Å²) in [5, 5.41) is 6.92. The van der Waals surface area contributed by atoms with Crippen LogP contribution in [0.15, 0.2) is 71.8 Å². The summed E-state index contributed by atoms with van der Waals surface area (Å²) in [6, 6.07) is 17.7. The topological polar surface area (TPSA) is 79.8 Å². The molecule has 0 atom stereocenters. The molecule has 0 aliphatic rings. The van der Waals surface area contributed by atoms with E-state index < -0.39 is 11.8 Å². The molecule has 0 saturated carbocycles. The van der Waals surface area contributed by atoms with Crippen molar-refractivity contribution in [2.75, 3.05) is 5.32 Å². The largest absolute Gasteiger partial charge is 0.489 e. The fourth-order valence-electron chi connectivity index (χ4n) is 2.59. The van der Waals surface area contributed by atoms with Gasteiger partial charge in [-0.05, 0) is 61.0 Å². The third kappa shape index (κ3) is 6.29. The van der Waals surface area contributed by atoms with Gasteiger partial charge in [0, 0.05) is 10.6 Å². The van der Waals surface area contributed by atoms with Crippen molar-refractivity contribution in [3.63, 3.8) is 0 Å². The van der Waals surface area contributed by atoms with E-state index in [-0.39, 0.29) is 23.1 Å². The molecule has 0 bridgehead atoms. The van der Waals surface area contributed by atoms with Crippen molar-refractivity contribution >= 4 is 46.4 Å². The van der Waals surface area contributed by atoms with E-state index >= 15 is 0 Å². The van der Waals surface area contributed by atoms with Crippen LogP contribution in [0.1, 0.15) is 18.1 Å². The van der Waals surface area contributed by atoms with Gasteiger partial charge in [0.15, 0.2) is 0 Å². The molecule has 6 nitrogen and oxygen atoms in total. The van der Waals surface area contributed by atoms with Crippen molar-refractivity contribution in [3.05, 3.63) is 93.7 Å². The van der Waals surface area contributed by atoms with Crippen LogP contribution in [-0.4, -0.2) is 17.5 Å². The Morgan fingerprint density at radius 2 is 1.72 bits per heavy atom. The lowest BCUT2D eigenvalue weighted by Crippen LogP contribution is -2.33. The molecule has 3 aromatic carbocycles. The van der Waals surface area contributed by atoms with Crippen molar-refractivity contribution in [2.45, 2.75) is 13.5 Å². The maximum atomic E-state index is 13.7. The van der Waals surface area contributed by atoms with Gasteiger partial charge in [0.1, 0.15) is 18.2 Å². The first-order valence-electron chi connectivity index (χ1n) is 9.41. The van der Waals surface area contributed by atoms with Crippen molar-refractivity contribution in [2.24, 2.45) is 5.10 Å². The number of ether oxygens (including phenoxy) is 1. The van der Waals surface area contributed by atoms with E-state index in [9.17, 15) is 14.0 Å². The Bertz CT molecular complexity index is 1170. The summed E-state index contributed by atoms with van der Waals surface area (Å²) in [7, 11) is 0. The number of hydrogen-bond acceptors (Lipinski definition) is 4. The van der Waals surface area contributed by atoms with Crippen molar-refractivity contribution in [1.29, 1.82) is 0 Å². The number of anilines is 1. The number of hydrogen-bond donors (Lipinski definition) is 2. The van der Waals surface area contributed by atoms with Crippen LogP contribution in [0, 0.1) is 5.82 Å². The fourth-order valence-corrected chi connectivity index (χ4v) is 2.93. The molecule has 0 aliphatic carbocycles. The van der Waals surface area contributed by atoms with Crippen LogP contribution in [0.4, 0.5) is 10.1 Å². The van der Waals surface area contributed by atoms with Gasteiger partial charge in [-0.25, -0.2) is 9.82 Å². The minimum absolute atomic E-state index is 0.0981. The van der Waals surface area contributed by atoms with Gasteiger partial charge in [-0.15, -0.1) is 0 Å². The third-order valence-corrected chi connectivity index (χ3v) is 4.90. The second kappa shape index (κ2) is 10.7. The van der Waals surface area contributed by atoms with Crippen LogP contribution in [-0.2, 0) is 16.2 Å². The summed E-state index contributed by atoms with van der Waals surface area (Å²) >= 11 is 11.8. The zero-order valence-corrected chi connectivity index (χ0v) is 18.4. The van der Waals surface area contributed by atoms with Crippen LogP contribution in [0.3, 0.4) is 0 Å². The molecule has 2 amide bonds. The monoisotopic (exact) mass is 473 g/mol. The van der Waals surface area contributed by atoms with E-state index in [1.54, 1.807) is 55.5 Å². The van der Waals surface area contributed by atoms with E-state index in [0.29, 0.717) is 27.6 Å². The first-order chi connectivity index (χ1) is 15.3. The highest BCUT2D eigenvalue weighted by Crippen LogP contribution is 2.25. The average Bonchev–Trinajstić information content (AvgIpc) is 2.79. The van der Waals surface area contributed by atoms with Gasteiger partial charge in [-0.3, -0.25) is 9.59 Å². The Hall–Kier alpha value is -3.42. The summed E-state index contributed by atoms with van der Waals surface area (Å²) in [6.07, 6.45) is 0. The molecule has 0 aliphatic heterocycles. The van der Waals surface area contributed by atoms with Gasteiger partial charge in [0.05, 0.1) is 16.4 Å². The van der Waals surface area contributed by atoms with E-state index in [4.69, 9.17) is 27.9 Å². The molecule has 0 unspecified atom stereocenters. The maximum Gasteiger partial charge on any atom is 0.329 e. The van der Waals surface area contributed by atoms with Crippen molar-refractivity contribution < 1.29 is 18.7 Å². The highest BCUT2D eigenvalue weighted by molar-refractivity contribution is 6.42. The molecule has 32 heavy (non-hydrogen) atoms.